The number of nitrogens with one attached hydrogen (secondary N) is 3. The van der Waals surface area contributed by atoms with E-state index in [1.54, 1.807) is 18.5 Å². The molecule has 7 rings (SSSR count). The highest BCUT2D eigenvalue weighted by Gasteiger charge is 2.32. The highest BCUT2D eigenvalue weighted by molar-refractivity contribution is 6.06. The second-order valence-electron chi connectivity index (χ2n) is 9.37. The minimum atomic E-state index is -0.262. The highest BCUT2D eigenvalue weighted by atomic mass is 16.1. The molecule has 182 valence electrons. The second-order valence-corrected chi connectivity index (χ2v) is 9.37. The third kappa shape index (κ3) is 3.65. The van der Waals surface area contributed by atoms with E-state index in [1.165, 1.54) is 0 Å². The monoisotopic (exact) mass is 487 g/mol. The van der Waals surface area contributed by atoms with Crippen LogP contribution in [0.1, 0.15) is 27.5 Å². The Morgan fingerprint density at radius 2 is 1.68 bits per heavy atom. The van der Waals surface area contributed by atoms with Crippen molar-refractivity contribution >= 4 is 22.9 Å². The van der Waals surface area contributed by atoms with E-state index in [0.29, 0.717) is 11.2 Å². The number of amides is 1. The maximum atomic E-state index is 13.5. The van der Waals surface area contributed by atoms with Gasteiger partial charge in [0.25, 0.3) is 5.91 Å². The molecular formula is C29H25N7O. The lowest BCUT2D eigenvalue weighted by molar-refractivity contribution is 0.0945. The van der Waals surface area contributed by atoms with Gasteiger partial charge in [0, 0.05) is 61.9 Å². The van der Waals surface area contributed by atoms with Gasteiger partial charge in [-0.25, -0.2) is 15.0 Å². The van der Waals surface area contributed by atoms with Crippen LogP contribution in [-0.4, -0.2) is 52.0 Å². The van der Waals surface area contributed by atoms with Crippen molar-refractivity contribution < 1.29 is 4.79 Å². The van der Waals surface area contributed by atoms with Crippen molar-refractivity contribution in [3.8, 4) is 22.3 Å². The molecule has 1 aliphatic carbocycles. The zero-order chi connectivity index (χ0) is 24.8. The van der Waals surface area contributed by atoms with Gasteiger partial charge in [0.05, 0.1) is 11.6 Å². The summed E-state index contributed by atoms with van der Waals surface area (Å²) >= 11 is 0. The molecule has 2 aromatic carbocycles. The predicted molar refractivity (Wildman–Crippen MR) is 143 cm³/mol. The van der Waals surface area contributed by atoms with Crippen LogP contribution in [0.4, 0.5) is 5.95 Å². The molecule has 1 atom stereocenters. The number of aromatic amines is 1. The zero-order valence-electron chi connectivity index (χ0n) is 20.1. The van der Waals surface area contributed by atoms with Crippen LogP contribution in [-0.2, 0) is 0 Å². The van der Waals surface area contributed by atoms with Gasteiger partial charge in [-0.15, -0.1) is 0 Å². The van der Waals surface area contributed by atoms with Crippen molar-refractivity contribution in [1.82, 2.24) is 30.6 Å². The summed E-state index contributed by atoms with van der Waals surface area (Å²) < 4.78 is 0. The Morgan fingerprint density at radius 3 is 2.54 bits per heavy atom. The standard InChI is InChI=1S/C29H25N7O/c37-28(23-9-11-32-27-22(23)8-10-31-27)35-26-21-5-2-1-4-20(21)25-19(6-3-7-24(25)26)18-16-33-29(34-17-18)36-14-12-30-13-15-36/h1-11,16-17,26,30H,12-15H2,(H,31,32)(H,35,37). The third-order valence-corrected chi connectivity index (χ3v) is 7.28. The molecule has 1 aliphatic heterocycles. The van der Waals surface area contributed by atoms with Crippen LogP contribution in [0.2, 0.25) is 0 Å². The molecule has 1 amide bonds. The molecule has 1 fully saturated rings. The van der Waals surface area contributed by atoms with Gasteiger partial charge in [-0.1, -0.05) is 42.5 Å². The average molecular weight is 488 g/mol. The Kier molecular flexibility index (Phi) is 5.18. The predicted octanol–water partition coefficient (Wildman–Crippen LogP) is 3.93. The number of H-pyrrole nitrogens is 1. The summed E-state index contributed by atoms with van der Waals surface area (Å²) in [5.74, 6) is 0.630. The summed E-state index contributed by atoms with van der Waals surface area (Å²) in [7, 11) is 0. The number of carbonyl (C=O) groups is 1. The van der Waals surface area contributed by atoms with E-state index in [9.17, 15) is 4.79 Å². The van der Waals surface area contributed by atoms with Crippen LogP contribution < -0.4 is 15.5 Å². The first-order valence-corrected chi connectivity index (χ1v) is 12.5. The van der Waals surface area contributed by atoms with Crippen molar-refractivity contribution in [1.29, 1.82) is 0 Å². The largest absolute Gasteiger partial charge is 0.346 e. The van der Waals surface area contributed by atoms with Crippen LogP contribution in [0, 0.1) is 0 Å². The van der Waals surface area contributed by atoms with Gasteiger partial charge in [-0.2, -0.15) is 0 Å². The molecule has 0 saturated carbocycles. The molecule has 8 heteroatoms. The Labute approximate surface area is 213 Å². The van der Waals surface area contributed by atoms with Crippen molar-refractivity contribution in [3.63, 3.8) is 0 Å². The maximum Gasteiger partial charge on any atom is 0.252 e. The summed E-state index contributed by atoms with van der Waals surface area (Å²) in [4.78, 5) is 32.5. The Hall–Kier alpha value is -4.56. The van der Waals surface area contributed by atoms with Crippen molar-refractivity contribution in [2.45, 2.75) is 6.04 Å². The smallest absolute Gasteiger partial charge is 0.252 e. The maximum absolute atomic E-state index is 13.5. The third-order valence-electron chi connectivity index (χ3n) is 7.28. The normalized spacial score (nSPS) is 16.4. The molecule has 3 aromatic heterocycles. The minimum absolute atomic E-state index is 0.131. The number of piperazine rings is 1. The lowest BCUT2D eigenvalue weighted by atomic mass is 9.95. The molecule has 0 spiro atoms. The fraction of sp³-hybridized carbons (Fsp3) is 0.172. The van der Waals surface area contributed by atoms with Crippen LogP contribution in [0.25, 0.3) is 33.3 Å². The van der Waals surface area contributed by atoms with Gasteiger partial charge >= 0.3 is 0 Å². The molecule has 2 aliphatic rings. The number of carbonyl (C=O) groups excluding carboxylic acids is 1. The van der Waals surface area contributed by atoms with Crippen LogP contribution in [0.5, 0.6) is 0 Å². The van der Waals surface area contributed by atoms with Crippen LogP contribution >= 0.6 is 0 Å². The highest BCUT2D eigenvalue weighted by Crippen LogP contribution is 2.48. The molecule has 0 bridgehead atoms. The second kappa shape index (κ2) is 8.83. The average Bonchev–Trinajstić information content (AvgIpc) is 3.57. The first-order chi connectivity index (χ1) is 18.3. The number of hydrogen-bond donors (Lipinski definition) is 3. The molecule has 4 heterocycles. The van der Waals surface area contributed by atoms with Gasteiger partial charge in [-0.3, -0.25) is 4.79 Å². The van der Waals surface area contributed by atoms with Crippen molar-refractivity contribution in [3.05, 3.63) is 96.1 Å². The first-order valence-electron chi connectivity index (χ1n) is 12.5. The zero-order valence-corrected chi connectivity index (χ0v) is 20.1. The topological polar surface area (TPSA) is 98.8 Å². The van der Waals surface area contributed by atoms with Gasteiger partial charge in [0.15, 0.2) is 0 Å². The van der Waals surface area contributed by atoms with Crippen molar-refractivity contribution in [2.24, 2.45) is 0 Å². The number of pyridine rings is 1. The summed E-state index contributed by atoms with van der Waals surface area (Å²) in [6, 6.07) is 17.9. The molecule has 1 unspecified atom stereocenters. The van der Waals surface area contributed by atoms with E-state index in [-0.39, 0.29) is 11.9 Å². The molecule has 3 N–H and O–H groups in total. The van der Waals surface area contributed by atoms with Gasteiger partial charge in [0.1, 0.15) is 5.65 Å². The summed E-state index contributed by atoms with van der Waals surface area (Å²) in [5, 5.41) is 7.47. The van der Waals surface area contributed by atoms with Crippen LogP contribution in [0.15, 0.2) is 79.4 Å². The number of nitrogens with zero attached hydrogens (tertiary/aromatic N) is 4. The minimum Gasteiger partial charge on any atom is -0.346 e. The summed E-state index contributed by atoms with van der Waals surface area (Å²) in [6.07, 6.45) is 7.28. The van der Waals surface area contributed by atoms with E-state index in [0.717, 1.165) is 70.9 Å². The Bertz CT molecular complexity index is 1620. The van der Waals surface area contributed by atoms with Crippen LogP contribution in [0.3, 0.4) is 0 Å². The quantitative estimate of drug-likeness (QED) is 0.355. The number of benzene rings is 2. The Balaban J connectivity index is 1.27. The van der Waals surface area contributed by atoms with E-state index >= 15 is 0 Å². The number of hydrogen-bond acceptors (Lipinski definition) is 6. The SMILES string of the molecule is O=C(NC1c2ccccc2-c2c(-c3cnc(N4CCNCC4)nc3)cccc21)c1ccnc2[nH]ccc12. The molecule has 5 aromatic rings. The molecule has 37 heavy (non-hydrogen) atoms. The lowest BCUT2D eigenvalue weighted by Gasteiger charge is -2.27. The first kappa shape index (κ1) is 21.7. The number of anilines is 1. The molecule has 0 radical (unpaired) electrons. The molecule has 8 nitrogen and oxygen atoms in total. The lowest BCUT2D eigenvalue weighted by Crippen LogP contribution is -2.44. The van der Waals surface area contributed by atoms with Gasteiger partial charge in [0.2, 0.25) is 5.95 Å². The fourth-order valence-electron chi connectivity index (χ4n) is 5.51. The number of aromatic nitrogens is 4. The number of fused-ring (bicyclic) bond motifs is 4. The molecule has 1 saturated heterocycles. The van der Waals surface area contributed by atoms with E-state index in [2.05, 4.69) is 49.8 Å². The summed E-state index contributed by atoms with van der Waals surface area (Å²) in [5.41, 5.74) is 7.70. The van der Waals surface area contributed by atoms with Gasteiger partial charge < -0.3 is 20.5 Å². The van der Waals surface area contributed by atoms with Crippen molar-refractivity contribution in [2.75, 3.05) is 31.1 Å². The number of rotatable bonds is 4. The fourth-order valence-corrected chi connectivity index (χ4v) is 5.51. The summed E-state index contributed by atoms with van der Waals surface area (Å²) in [6.45, 7) is 3.69. The van der Waals surface area contributed by atoms with E-state index in [4.69, 9.17) is 9.97 Å². The van der Waals surface area contributed by atoms with Gasteiger partial charge in [-0.05, 0) is 39.9 Å². The van der Waals surface area contributed by atoms with E-state index < -0.39 is 0 Å². The molecular weight excluding hydrogens is 462 g/mol. The Morgan fingerprint density at radius 1 is 0.892 bits per heavy atom. The van der Waals surface area contributed by atoms with E-state index in [1.807, 2.05) is 36.7 Å².